The molecule has 0 bridgehead atoms. The first-order valence-corrected chi connectivity index (χ1v) is 6.78. The average Bonchev–Trinajstić information content (AvgIpc) is 2.36. The van der Waals surface area contributed by atoms with Gasteiger partial charge in [0.15, 0.2) is 0 Å². The molecule has 1 aromatic carbocycles. The van der Waals surface area contributed by atoms with Crippen LogP contribution in [0.3, 0.4) is 0 Å². The molecule has 0 saturated heterocycles. The largest absolute Gasteiger partial charge is 0.393 e. The molecule has 2 amide bonds. The molecule has 19 heavy (non-hydrogen) atoms. The van der Waals surface area contributed by atoms with Crippen molar-refractivity contribution in [2.45, 2.75) is 39.3 Å². The third-order valence-electron chi connectivity index (χ3n) is 2.96. The summed E-state index contributed by atoms with van der Waals surface area (Å²) in [5.74, 6) is 0.310. The maximum atomic E-state index is 11.8. The quantitative estimate of drug-likeness (QED) is 0.739. The monoisotopic (exact) mass is 264 g/mol. The van der Waals surface area contributed by atoms with Crippen LogP contribution in [0.25, 0.3) is 0 Å². The van der Waals surface area contributed by atoms with Crippen molar-refractivity contribution in [1.82, 2.24) is 10.6 Å². The van der Waals surface area contributed by atoms with Gasteiger partial charge in [0, 0.05) is 6.54 Å². The molecule has 0 saturated carbocycles. The highest BCUT2D eigenvalue weighted by Crippen LogP contribution is 2.20. The van der Waals surface area contributed by atoms with E-state index in [0.717, 1.165) is 5.56 Å². The lowest BCUT2D eigenvalue weighted by molar-refractivity contribution is 0.183. The Balaban J connectivity index is 2.53. The van der Waals surface area contributed by atoms with Crippen molar-refractivity contribution in [2.24, 2.45) is 5.92 Å². The van der Waals surface area contributed by atoms with Gasteiger partial charge in [-0.3, -0.25) is 0 Å². The van der Waals surface area contributed by atoms with Gasteiger partial charge in [-0.1, -0.05) is 44.2 Å². The number of carbonyl (C=O) groups excluding carboxylic acids is 1. The second-order valence-electron chi connectivity index (χ2n) is 5.17. The lowest BCUT2D eigenvalue weighted by Crippen LogP contribution is -2.40. The van der Waals surface area contributed by atoms with Crippen molar-refractivity contribution in [1.29, 1.82) is 0 Å². The number of benzene rings is 1. The molecule has 0 aliphatic heterocycles. The molecule has 4 nitrogen and oxygen atoms in total. The Labute approximate surface area is 115 Å². The molecule has 0 aromatic heterocycles. The molecule has 0 spiro atoms. The summed E-state index contributed by atoms with van der Waals surface area (Å²) in [4.78, 5) is 11.8. The van der Waals surface area contributed by atoms with Crippen molar-refractivity contribution in [2.75, 3.05) is 6.54 Å². The van der Waals surface area contributed by atoms with E-state index in [1.165, 1.54) is 0 Å². The highest BCUT2D eigenvalue weighted by atomic mass is 16.3. The minimum atomic E-state index is -0.393. The van der Waals surface area contributed by atoms with Crippen LogP contribution < -0.4 is 10.6 Å². The van der Waals surface area contributed by atoms with E-state index >= 15 is 0 Å². The fraction of sp³-hybridized carbons (Fsp3) is 0.533. The molecule has 0 aliphatic carbocycles. The summed E-state index contributed by atoms with van der Waals surface area (Å²) in [6, 6.07) is 9.73. The van der Waals surface area contributed by atoms with Crippen molar-refractivity contribution in [3.8, 4) is 0 Å². The third kappa shape index (κ3) is 5.75. The van der Waals surface area contributed by atoms with Crippen molar-refractivity contribution < 1.29 is 9.90 Å². The van der Waals surface area contributed by atoms with Crippen LogP contribution in [0.1, 0.15) is 38.8 Å². The van der Waals surface area contributed by atoms with Gasteiger partial charge in [-0.15, -0.1) is 0 Å². The molecule has 1 rings (SSSR count). The number of hydrogen-bond donors (Lipinski definition) is 3. The Morgan fingerprint density at radius 1 is 1.21 bits per heavy atom. The van der Waals surface area contributed by atoms with E-state index < -0.39 is 6.10 Å². The topological polar surface area (TPSA) is 61.4 Å². The number of hydrogen-bond acceptors (Lipinski definition) is 2. The molecular weight excluding hydrogens is 240 g/mol. The zero-order chi connectivity index (χ0) is 14.3. The Morgan fingerprint density at radius 2 is 1.84 bits per heavy atom. The maximum absolute atomic E-state index is 11.8. The van der Waals surface area contributed by atoms with Crippen LogP contribution in [-0.2, 0) is 0 Å². The smallest absolute Gasteiger partial charge is 0.315 e. The molecule has 2 unspecified atom stereocenters. The summed E-state index contributed by atoms with van der Waals surface area (Å²) in [5.41, 5.74) is 1.10. The van der Waals surface area contributed by atoms with Gasteiger partial charge in [0.05, 0.1) is 12.1 Å². The molecule has 0 radical (unpaired) electrons. The summed E-state index contributed by atoms with van der Waals surface area (Å²) < 4.78 is 0. The molecule has 106 valence electrons. The standard InChI is InChI=1S/C15H24N2O2/c1-11(2)14(13-7-5-4-6-8-13)17-15(19)16-10-9-12(3)18/h4-8,11-12,14,18H,9-10H2,1-3H3,(H2,16,17,19). The minimum absolute atomic E-state index is 0.00671. The van der Waals surface area contributed by atoms with E-state index in [0.29, 0.717) is 18.9 Å². The van der Waals surface area contributed by atoms with Gasteiger partial charge in [-0.05, 0) is 24.8 Å². The lowest BCUT2D eigenvalue weighted by atomic mass is 9.96. The van der Waals surface area contributed by atoms with E-state index in [2.05, 4.69) is 24.5 Å². The normalized spacial score (nSPS) is 13.9. The number of aliphatic hydroxyl groups excluding tert-OH is 1. The molecule has 4 heteroatoms. The lowest BCUT2D eigenvalue weighted by Gasteiger charge is -2.23. The van der Waals surface area contributed by atoms with Gasteiger partial charge in [0.25, 0.3) is 0 Å². The number of rotatable bonds is 6. The van der Waals surface area contributed by atoms with Crippen molar-refractivity contribution >= 4 is 6.03 Å². The molecule has 0 fully saturated rings. The Bertz CT molecular complexity index is 377. The van der Waals surface area contributed by atoms with Crippen LogP contribution in [-0.4, -0.2) is 23.8 Å². The fourth-order valence-corrected chi connectivity index (χ4v) is 1.88. The highest BCUT2D eigenvalue weighted by Gasteiger charge is 2.17. The van der Waals surface area contributed by atoms with Gasteiger partial charge in [-0.2, -0.15) is 0 Å². The Morgan fingerprint density at radius 3 is 2.37 bits per heavy atom. The molecule has 1 aromatic rings. The van der Waals surface area contributed by atoms with Gasteiger partial charge in [0.1, 0.15) is 0 Å². The Kier molecular flexibility index (Phi) is 6.36. The molecule has 2 atom stereocenters. The predicted molar refractivity (Wildman–Crippen MR) is 76.9 cm³/mol. The van der Waals surface area contributed by atoms with E-state index in [1.807, 2.05) is 30.3 Å². The van der Waals surface area contributed by atoms with Gasteiger partial charge in [0.2, 0.25) is 0 Å². The van der Waals surface area contributed by atoms with E-state index in [4.69, 9.17) is 5.11 Å². The molecule has 0 aliphatic rings. The number of carbonyl (C=O) groups is 1. The van der Waals surface area contributed by atoms with Crippen LogP contribution in [0.4, 0.5) is 4.79 Å². The summed E-state index contributed by atoms with van der Waals surface area (Å²) in [7, 11) is 0. The first kappa shape index (κ1) is 15.5. The number of nitrogens with one attached hydrogen (secondary N) is 2. The fourth-order valence-electron chi connectivity index (χ4n) is 1.88. The maximum Gasteiger partial charge on any atom is 0.315 e. The Hall–Kier alpha value is -1.55. The number of urea groups is 1. The molecule has 3 N–H and O–H groups in total. The van der Waals surface area contributed by atoms with Gasteiger partial charge in [-0.25, -0.2) is 4.79 Å². The molecule has 0 heterocycles. The second kappa shape index (κ2) is 7.79. The highest BCUT2D eigenvalue weighted by molar-refractivity contribution is 5.74. The predicted octanol–water partition coefficient (Wildman–Crippen LogP) is 2.45. The van der Waals surface area contributed by atoms with E-state index in [-0.39, 0.29) is 12.1 Å². The summed E-state index contributed by atoms with van der Waals surface area (Å²) in [5, 5.41) is 14.9. The third-order valence-corrected chi connectivity index (χ3v) is 2.96. The summed E-state index contributed by atoms with van der Waals surface area (Å²) in [6.07, 6.45) is 0.167. The van der Waals surface area contributed by atoms with Gasteiger partial charge >= 0.3 is 6.03 Å². The van der Waals surface area contributed by atoms with Crippen molar-refractivity contribution in [3.63, 3.8) is 0 Å². The van der Waals surface area contributed by atoms with E-state index in [9.17, 15) is 4.79 Å². The van der Waals surface area contributed by atoms with Crippen LogP contribution in [0.15, 0.2) is 30.3 Å². The summed E-state index contributed by atoms with van der Waals surface area (Å²) >= 11 is 0. The van der Waals surface area contributed by atoms with E-state index in [1.54, 1.807) is 6.92 Å². The van der Waals surface area contributed by atoms with Crippen LogP contribution in [0.2, 0.25) is 0 Å². The van der Waals surface area contributed by atoms with Crippen LogP contribution >= 0.6 is 0 Å². The zero-order valence-electron chi connectivity index (χ0n) is 11.9. The van der Waals surface area contributed by atoms with Gasteiger partial charge < -0.3 is 15.7 Å². The second-order valence-corrected chi connectivity index (χ2v) is 5.17. The van der Waals surface area contributed by atoms with Crippen LogP contribution in [0, 0.1) is 5.92 Å². The van der Waals surface area contributed by atoms with Crippen LogP contribution in [0.5, 0.6) is 0 Å². The first-order chi connectivity index (χ1) is 9.00. The summed E-state index contributed by atoms with van der Waals surface area (Å²) in [6.45, 7) is 6.34. The first-order valence-electron chi connectivity index (χ1n) is 6.78. The average molecular weight is 264 g/mol. The SMILES string of the molecule is CC(O)CCNC(=O)NC(c1ccccc1)C(C)C. The zero-order valence-corrected chi connectivity index (χ0v) is 11.9. The molecular formula is C15H24N2O2. The number of amides is 2. The minimum Gasteiger partial charge on any atom is -0.393 e. The van der Waals surface area contributed by atoms with Crippen molar-refractivity contribution in [3.05, 3.63) is 35.9 Å². The number of aliphatic hydroxyl groups is 1.